The van der Waals surface area contributed by atoms with Crippen molar-refractivity contribution in [2.45, 2.75) is 6.92 Å². The van der Waals surface area contributed by atoms with Gasteiger partial charge in [-0.15, -0.1) is 0 Å². The monoisotopic (exact) mass is 391 g/mol. The fourth-order valence-corrected chi connectivity index (χ4v) is 7.99. The molecule has 4 heteroatoms. The van der Waals surface area contributed by atoms with Crippen molar-refractivity contribution >= 4 is 29.1 Å². The second-order valence-electron chi connectivity index (χ2n) is 6.83. The van der Waals surface area contributed by atoms with E-state index in [0.717, 1.165) is 6.16 Å². The predicted molar refractivity (Wildman–Crippen MR) is 121 cm³/mol. The molecule has 0 spiro atoms. The topological polar surface area (TPSA) is 46.3 Å². The third kappa shape index (κ3) is 4.32. The van der Waals surface area contributed by atoms with Crippen LogP contribution in [0.5, 0.6) is 0 Å². The van der Waals surface area contributed by atoms with Crippen LogP contribution in [0, 0.1) is 0 Å². The van der Waals surface area contributed by atoms with Crippen molar-refractivity contribution in [3.8, 4) is 0 Å². The molecule has 0 bridgehead atoms. The Labute approximate surface area is 168 Å². The summed E-state index contributed by atoms with van der Waals surface area (Å²) in [5.41, 5.74) is 5.76. The zero-order valence-electron chi connectivity index (χ0n) is 16.4. The fraction of sp³-hybridized carbons (Fsp3) is 0.208. The van der Waals surface area contributed by atoms with Crippen molar-refractivity contribution in [1.29, 1.82) is 0 Å². The Bertz CT molecular complexity index is 772. The fourth-order valence-electron chi connectivity index (χ4n) is 3.74. The van der Waals surface area contributed by atoms with E-state index < -0.39 is 7.26 Å². The van der Waals surface area contributed by atoms with Crippen molar-refractivity contribution in [2.24, 2.45) is 5.73 Å². The second kappa shape index (κ2) is 9.64. The van der Waals surface area contributed by atoms with Gasteiger partial charge >= 0.3 is 0 Å². The van der Waals surface area contributed by atoms with Crippen LogP contribution in [-0.4, -0.2) is 36.6 Å². The Morgan fingerprint density at radius 2 is 1.14 bits per heavy atom. The molecule has 0 aliphatic rings. The van der Waals surface area contributed by atoms with Gasteiger partial charge in [0.15, 0.2) is 0 Å². The van der Waals surface area contributed by atoms with Gasteiger partial charge in [0.2, 0.25) is 5.91 Å². The molecule has 1 amide bonds. The van der Waals surface area contributed by atoms with Crippen LogP contribution in [0.25, 0.3) is 0 Å². The Hall–Kier alpha value is -2.48. The average molecular weight is 391 g/mol. The van der Waals surface area contributed by atoms with E-state index in [9.17, 15) is 4.79 Å². The van der Waals surface area contributed by atoms with Crippen LogP contribution in [0.15, 0.2) is 91.0 Å². The lowest BCUT2D eigenvalue weighted by molar-refractivity contribution is -0.128. The summed E-state index contributed by atoms with van der Waals surface area (Å²) >= 11 is 0. The average Bonchev–Trinajstić information content (AvgIpc) is 2.75. The molecule has 2 N–H and O–H groups in total. The normalized spacial score (nSPS) is 11.2. The van der Waals surface area contributed by atoms with E-state index >= 15 is 0 Å². The highest BCUT2D eigenvalue weighted by molar-refractivity contribution is 7.95. The molecule has 144 valence electrons. The van der Waals surface area contributed by atoms with Gasteiger partial charge in [-0.2, -0.15) is 0 Å². The maximum atomic E-state index is 12.1. The molecule has 3 aromatic rings. The van der Waals surface area contributed by atoms with E-state index in [4.69, 9.17) is 5.73 Å². The molecule has 0 heterocycles. The van der Waals surface area contributed by atoms with Gasteiger partial charge < -0.3 is 10.6 Å². The smallest absolute Gasteiger partial charge is 0.219 e. The van der Waals surface area contributed by atoms with Gasteiger partial charge in [-0.05, 0) is 36.4 Å². The number of rotatable bonds is 8. The van der Waals surface area contributed by atoms with Crippen LogP contribution in [-0.2, 0) is 4.79 Å². The van der Waals surface area contributed by atoms with E-state index in [1.807, 2.05) is 4.90 Å². The highest BCUT2D eigenvalue weighted by Crippen LogP contribution is 2.55. The lowest BCUT2D eigenvalue weighted by Gasteiger charge is -2.30. The Morgan fingerprint density at radius 1 is 0.750 bits per heavy atom. The molecular formula is C24H28N2OP+. The van der Waals surface area contributed by atoms with Gasteiger partial charge in [-0.25, -0.2) is 0 Å². The largest absolute Gasteiger partial charge is 0.338 e. The first-order valence-corrected chi connectivity index (χ1v) is 11.7. The van der Waals surface area contributed by atoms with E-state index in [0.29, 0.717) is 19.6 Å². The molecule has 0 aliphatic carbocycles. The second-order valence-corrected chi connectivity index (χ2v) is 10.5. The van der Waals surface area contributed by atoms with Gasteiger partial charge in [0.1, 0.15) is 23.2 Å². The third-order valence-electron chi connectivity index (χ3n) is 5.14. The standard InChI is InChI=1S/C24H28N2OP/c1-21(27)26(18-17-25)19-20-28(22-11-5-2-6-12-22,23-13-7-3-8-14-23)24-15-9-4-10-16-24/h2-16H,17-20,25H2,1H3/q+1. The number of hydrogen-bond donors (Lipinski definition) is 1. The van der Waals surface area contributed by atoms with Crippen LogP contribution in [0.1, 0.15) is 6.92 Å². The van der Waals surface area contributed by atoms with Gasteiger partial charge in [0.25, 0.3) is 0 Å². The number of nitrogens with zero attached hydrogens (tertiary/aromatic N) is 1. The molecule has 0 saturated carbocycles. The molecule has 0 aliphatic heterocycles. The summed E-state index contributed by atoms with van der Waals surface area (Å²) in [5.74, 6) is 0.0812. The molecule has 3 aromatic carbocycles. The van der Waals surface area contributed by atoms with Gasteiger partial charge in [0.05, 0.1) is 12.7 Å². The summed E-state index contributed by atoms with van der Waals surface area (Å²) in [6.45, 7) is 3.39. The molecular weight excluding hydrogens is 363 g/mol. The Balaban J connectivity index is 2.15. The first-order valence-electron chi connectivity index (χ1n) is 9.69. The lowest BCUT2D eigenvalue weighted by Crippen LogP contribution is -2.41. The van der Waals surface area contributed by atoms with E-state index in [2.05, 4.69) is 91.0 Å². The zero-order valence-corrected chi connectivity index (χ0v) is 17.3. The van der Waals surface area contributed by atoms with Crippen molar-refractivity contribution in [2.75, 3.05) is 25.8 Å². The summed E-state index contributed by atoms with van der Waals surface area (Å²) in [7, 11) is -1.91. The summed E-state index contributed by atoms with van der Waals surface area (Å²) in [6.07, 6.45) is 0.893. The SMILES string of the molecule is CC(=O)N(CCN)CC[P+](c1ccccc1)(c1ccccc1)c1ccccc1. The molecule has 0 saturated heterocycles. The number of amides is 1. The predicted octanol–water partition coefficient (Wildman–Crippen LogP) is 2.79. The minimum atomic E-state index is -1.91. The maximum absolute atomic E-state index is 12.1. The van der Waals surface area contributed by atoms with Crippen molar-refractivity contribution in [1.82, 2.24) is 4.90 Å². The highest BCUT2D eigenvalue weighted by atomic mass is 31.2. The zero-order chi connectivity index (χ0) is 19.8. The number of nitrogens with two attached hydrogens (primary N) is 1. The Morgan fingerprint density at radius 3 is 1.46 bits per heavy atom. The van der Waals surface area contributed by atoms with Crippen LogP contribution in [0.3, 0.4) is 0 Å². The summed E-state index contributed by atoms with van der Waals surface area (Å²) in [5, 5.41) is 4.01. The molecule has 0 radical (unpaired) electrons. The molecule has 3 rings (SSSR count). The molecule has 0 aromatic heterocycles. The van der Waals surface area contributed by atoms with Gasteiger partial charge in [-0.3, -0.25) is 4.79 Å². The molecule has 0 fully saturated rings. The van der Waals surface area contributed by atoms with Crippen LogP contribution >= 0.6 is 7.26 Å². The first-order chi connectivity index (χ1) is 13.7. The molecule has 28 heavy (non-hydrogen) atoms. The number of benzene rings is 3. The first kappa shape index (κ1) is 20.3. The maximum Gasteiger partial charge on any atom is 0.219 e. The molecule has 0 unspecified atom stereocenters. The van der Waals surface area contributed by atoms with E-state index in [-0.39, 0.29) is 5.91 Å². The van der Waals surface area contributed by atoms with E-state index in [1.165, 1.54) is 15.9 Å². The minimum absolute atomic E-state index is 0.0812. The Kier molecular flexibility index (Phi) is 6.97. The van der Waals surface area contributed by atoms with Crippen LogP contribution in [0.2, 0.25) is 0 Å². The summed E-state index contributed by atoms with van der Waals surface area (Å²) < 4.78 is 0. The number of carbonyl (C=O) groups is 1. The molecule has 3 nitrogen and oxygen atoms in total. The quantitative estimate of drug-likeness (QED) is 0.600. The van der Waals surface area contributed by atoms with Crippen LogP contribution < -0.4 is 21.6 Å². The number of hydrogen-bond acceptors (Lipinski definition) is 2. The van der Waals surface area contributed by atoms with E-state index in [1.54, 1.807) is 6.92 Å². The van der Waals surface area contributed by atoms with Gasteiger partial charge in [-0.1, -0.05) is 54.6 Å². The summed E-state index contributed by atoms with van der Waals surface area (Å²) in [6, 6.07) is 32.2. The third-order valence-corrected chi connectivity index (χ3v) is 9.55. The lowest BCUT2D eigenvalue weighted by atomic mass is 10.4. The summed E-state index contributed by atoms with van der Waals surface area (Å²) in [4.78, 5) is 14.0. The van der Waals surface area contributed by atoms with Crippen molar-refractivity contribution in [3.05, 3.63) is 91.0 Å². The van der Waals surface area contributed by atoms with Crippen molar-refractivity contribution in [3.63, 3.8) is 0 Å². The molecule has 0 atom stereocenters. The minimum Gasteiger partial charge on any atom is -0.338 e. The van der Waals surface area contributed by atoms with Gasteiger partial charge in [0, 0.05) is 20.0 Å². The number of carbonyl (C=O) groups excluding carboxylic acids is 1. The van der Waals surface area contributed by atoms with Crippen LogP contribution in [0.4, 0.5) is 0 Å². The highest BCUT2D eigenvalue weighted by Gasteiger charge is 2.45. The van der Waals surface area contributed by atoms with Crippen molar-refractivity contribution < 1.29 is 4.79 Å².